The molecule has 0 spiro atoms. The van der Waals surface area contributed by atoms with Crippen LogP contribution in [-0.4, -0.2) is 16.7 Å². The lowest BCUT2D eigenvalue weighted by molar-refractivity contribution is 0.415. The van der Waals surface area contributed by atoms with Gasteiger partial charge in [0.2, 0.25) is 0 Å². The lowest BCUT2D eigenvalue weighted by atomic mass is 10.2. The number of anilines is 1. The Bertz CT molecular complexity index is 505. The normalized spacial score (nSPS) is 10.5. The number of hydrogen-bond acceptors (Lipinski definition) is 3. The fraction of sp³-hybridized carbons (Fsp3) is 0.308. The van der Waals surface area contributed by atoms with Gasteiger partial charge in [-0.15, -0.1) is 0 Å². The maximum absolute atomic E-state index is 5.85. The number of ether oxygens (including phenoxy) is 1. The van der Waals surface area contributed by atoms with Crippen molar-refractivity contribution in [2.24, 2.45) is 0 Å². The van der Waals surface area contributed by atoms with Crippen molar-refractivity contribution in [1.82, 2.24) is 9.55 Å². The van der Waals surface area contributed by atoms with E-state index in [4.69, 9.17) is 10.5 Å². The van der Waals surface area contributed by atoms with Crippen LogP contribution < -0.4 is 10.5 Å². The van der Waals surface area contributed by atoms with Crippen LogP contribution in [0.4, 0.5) is 5.69 Å². The summed E-state index contributed by atoms with van der Waals surface area (Å²) in [5.74, 6) is 1.80. The fourth-order valence-corrected chi connectivity index (χ4v) is 1.84. The summed E-state index contributed by atoms with van der Waals surface area (Å²) in [6.45, 7) is 2.14. The Morgan fingerprint density at radius 2 is 2.18 bits per heavy atom. The Balaban J connectivity index is 2.44. The quantitative estimate of drug-likeness (QED) is 0.822. The van der Waals surface area contributed by atoms with E-state index >= 15 is 0 Å². The zero-order chi connectivity index (χ0) is 12.3. The minimum Gasteiger partial charge on any atom is -0.497 e. The molecule has 1 aromatic heterocycles. The number of nitrogen functional groups attached to an aromatic ring is 1. The first kappa shape index (κ1) is 11.5. The van der Waals surface area contributed by atoms with Crippen LogP contribution in [0.1, 0.15) is 19.2 Å². The highest BCUT2D eigenvalue weighted by Crippen LogP contribution is 2.22. The molecule has 1 aromatic carbocycles. The van der Waals surface area contributed by atoms with E-state index in [1.165, 1.54) is 0 Å². The van der Waals surface area contributed by atoms with Crippen LogP contribution in [0, 0.1) is 0 Å². The van der Waals surface area contributed by atoms with E-state index < -0.39 is 0 Å². The number of hydrogen-bond donors (Lipinski definition) is 1. The predicted molar refractivity (Wildman–Crippen MR) is 68.5 cm³/mol. The molecule has 2 aromatic rings. The Hall–Kier alpha value is -1.97. The molecule has 17 heavy (non-hydrogen) atoms. The number of nitrogens with two attached hydrogens (primary N) is 1. The van der Waals surface area contributed by atoms with Crippen LogP contribution in [-0.2, 0) is 6.42 Å². The SMILES string of the molecule is CCCc1nccn1-c1cc(N)cc(OC)c1. The van der Waals surface area contributed by atoms with Crippen molar-refractivity contribution in [3.63, 3.8) is 0 Å². The van der Waals surface area contributed by atoms with Crippen molar-refractivity contribution < 1.29 is 4.74 Å². The third-order valence-electron chi connectivity index (χ3n) is 2.62. The third-order valence-corrected chi connectivity index (χ3v) is 2.62. The van der Waals surface area contributed by atoms with Gasteiger partial charge in [0.25, 0.3) is 0 Å². The van der Waals surface area contributed by atoms with Gasteiger partial charge in [-0.1, -0.05) is 6.92 Å². The second-order valence-electron chi connectivity index (χ2n) is 3.93. The second-order valence-corrected chi connectivity index (χ2v) is 3.93. The van der Waals surface area contributed by atoms with E-state index in [-0.39, 0.29) is 0 Å². The summed E-state index contributed by atoms with van der Waals surface area (Å²) in [5.41, 5.74) is 7.53. The van der Waals surface area contributed by atoms with Gasteiger partial charge in [0.15, 0.2) is 0 Å². The molecule has 0 bridgehead atoms. The number of imidazole rings is 1. The number of rotatable bonds is 4. The first-order valence-corrected chi connectivity index (χ1v) is 5.71. The second kappa shape index (κ2) is 4.91. The molecule has 4 heteroatoms. The molecule has 0 fully saturated rings. The maximum atomic E-state index is 5.85. The Morgan fingerprint density at radius 1 is 1.35 bits per heavy atom. The average Bonchev–Trinajstić information content (AvgIpc) is 2.77. The molecule has 0 aliphatic heterocycles. The van der Waals surface area contributed by atoms with Gasteiger partial charge < -0.3 is 15.0 Å². The largest absolute Gasteiger partial charge is 0.497 e. The molecule has 2 N–H and O–H groups in total. The van der Waals surface area contributed by atoms with Gasteiger partial charge in [-0.25, -0.2) is 4.98 Å². The number of methoxy groups -OCH3 is 1. The summed E-state index contributed by atoms with van der Waals surface area (Å²) in [6.07, 6.45) is 5.76. The summed E-state index contributed by atoms with van der Waals surface area (Å²) < 4.78 is 7.26. The van der Waals surface area contributed by atoms with Gasteiger partial charge in [-0.3, -0.25) is 0 Å². The molecule has 1 heterocycles. The lowest BCUT2D eigenvalue weighted by Gasteiger charge is -2.10. The van der Waals surface area contributed by atoms with Crippen LogP contribution in [0.5, 0.6) is 5.75 Å². The van der Waals surface area contributed by atoms with Crippen LogP contribution >= 0.6 is 0 Å². The van der Waals surface area contributed by atoms with Crippen molar-refractivity contribution in [2.75, 3.05) is 12.8 Å². The molecule has 0 saturated heterocycles. The molecule has 0 saturated carbocycles. The van der Waals surface area contributed by atoms with Crippen molar-refractivity contribution >= 4 is 5.69 Å². The molecule has 0 unspecified atom stereocenters. The van der Waals surface area contributed by atoms with Gasteiger partial charge in [-0.2, -0.15) is 0 Å². The van der Waals surface area contributed by atoms with Crippen molar-refractivity contribution in [3.05, 3.63) is 36.4 Å². The Morgan fingerprint density at radius 3 is 2.88 bits per heavy atom. The van der Waals surface area contributed by atoms with Crippen LogP contribution in [0.3, 0.4) is 0 Å². The zero-order valence-electron chi connectivity index (χ0n) is 10.2. The monoisotopic (exact) mass is 231 g/mol. The summed E-state index contributed by atoms with van der Waals surface area (Å²) in [5, 5.41) is 0. The van der Waals surface area contributed by atoms with E-state index in [0.29, 0.717) is 5.69 Å². The molecule has 0 amide bonds. The highest BCUT2D eigenvalue weighted by atomic mass is 16.5. The highest BCUT2D eigenvalue weighted by Gasteiger charge is 2.06. The lowest BCUT2D eigenvalue weighted by Crippen LogP contribution is -2.01. The summed E-state index contributed by atoms with van der Waals surface area (Å²) in [4.78, 5) is 4.35. The molecular weight excluding hydrogens is 214 g/mol. The van der Waals surface area contributed by atoms with Gasteiger partial charge in [0.05, 0.1) is 12.8 Å². The third kappa shape index (κ3) is 2.41. The molecule has 0 atom stereocenters. The number of nitrogens with zero attached hydrogens (tertiary/aromatic N) is 2. The van der Waals surface area contributed by atoms with E-state index in [1.54, 1.807) is 19.4 Å². The predicted octanol–water partition coefficient (Wildman–Crippen LogP) is 2.42. The Kier molecular flexibility index (Phi) is 3.32. The van der Waals surface area contributed by atoms with Crippen molar-refractivity contribution in [2.45, 2.75) is 19.8 Å². The molecule has 90 valence electrons. The average molecular weight is 231 g/mol. The van der Waals surface area contributed by atoms with E-state index in [9.17, 15) is 0 Å². The summed E-state index contributed by atoms with van der Waals surface area (Å²) in [7, 11) is 1.64. The van der Waals surface area contributed by atoms with Crippen molar-refractivity contribution in [1.29, 1.82) is 0 Å². The minimum atomic E-state index is 0.690. The summed E-state index contributed by atoms with van der Waals surface area (Å²) in [6, 6.07) is 5.68. The molecule has 0 aliphatic carbocycles. The minimum absolute atomic E-state index is 0.690. The van der Waals surface area contributed by atoms with Gasteiger partial charge in [-0.05, 0) is 12.5 Å². The van der Waals surface area contributed by atoms with Crippen LogP contribution in [0.25, 0.3) is 5.69 Å². The van der Waals surface area contributed by atoms with Gasteiger partial charge >= 0.3 is 0 Å². The van der Waals surface area contributed by atoms with Crippen LogP contribution in [0.2, 0.25) is 0 Å². The molecule has 2 rings (SSSR count). The van der Waals surface area contributed by atoms with Gasteiger partial charge in [0, 0.05) is 36.6 Å². The van der Waals surface area contributed by atoms with E-state index in [0.717, 1.165) is 30.1 Å². The maximum Gasteiger partial charge on any atom is 0.123 e. The van der Waals surface area contributed by atoms with E-state index in [2.05, 4.69) is 11.9 Å². The Labute approximate surface area is 101 Å². The number of aryl methyl sites for hydroxylation is 1. The highest BCUT2D eigenvalue weighted by molar-refractivity contribution is 5.53. The van der Waals surface area contributed by atoms with Crippen molar-refractivity contribution in [3.8, 4) is 11.4 Å². The topological polar surface area (TPSA) is 53.1 Å². The molecule has 0 aliphatic rings. The smallest absolute Gasteiger partial charge is 0.123 e. The number of aromatic nitrogens is 2. The molecule has 0 radical (unpaired) electrons. The fourth-order valence-electron chi connectivity index (χ4n) is 1.84. The van der Waals surface area contributed by atoms with Crippen LogP contribution in [0.15, 0.2) is 30.6 Å². The molecule has 4 nitrogen and oxygen atoms in total. The standard InChI is InChI=1S/C13H17N3O/c1-3-4-13-15-5-6-16(13)11-7-10(14)8-12(9-11)17-2/h5-9H,3-4,14H2,1-2H3. The van der Waals surface area contributed by atoms with E-state index in [1.807, 2.05) is 22.9 Å². The number of benzene rings is 1. The molecular formula is C13H17N3O. The van der Waals surface area contributed by atoms with Gasteiger partial charge in [0.1, 0.15) is 11.6 Å². The first-order valence-electron chi connectivity index (χ1n) is 5.71. The zero-order valence-corrected chi connectivity index (χ0v) is 10.2. The summed E-state index contributed by atoms with van der Waals surface area (Å²) >= 11 is 0. The first-order chi connectivity index (χ1) is 8.24.